The number of aliphatic hydroxyl groups excluding tert-OH is 1. The molecule has 4 N–H and O–H groups in total. The number of benzene rings is 12. The van der Waals surface area contributed by atoms with E-state index < -0.39 is 39.1 Å². The van der Waals surface area contributed by atoms with Crippen molar-refractivity contribution in [1.29, 1.82) is 0 Å². The maximum atomic E-state index is 12.1. The molecule has 3 atom stereocenters. The van der Waals surface area contributed by atoms with E-state index in [1.807, 2.05) is 275 Å². The molecule has 0 unspecified atom stereocenters. The molecular formula is C121H126Cl4N4O8S. The van der Waals surface area contributed by atoms with E-state index in [9.17, 15) is 28.8 Å². The molecule has 5 heterocycles. The molecule has 12 nitrogen and oxygen atoms in total. The SMILES string of the molecule is C.C.C.C.CC(C)(O)c1ccccc1C/C=C/c1cccc(/C=C/c2ccc3ccc(Cl)cc3n2)c1.CC(C)(O)c1ccccc1CC[C@@H](O)c1cccc(/C=C/c2ccc3ccc(Cl)cc3n2)c1.CC(C)(O)c1ccccc1CC[C@H](OS(C)(=O)=O)c1cccc(/C=C/c2ccc3ccc(Cl)cc3n2)c1.CC1(C)O[C@@H](c2cccc(/C=C/c3ccc4ccc(Cl)cc4n3)c2)CCc2ccccc21. The number of hydrogen-bond donors (Lipinski definition) is 4. The lowest BCUT2D eigenvalue weighted by Gasteiger charge is -2.30. The van der Waals surface area contributed by atoms with Crippen molar-refractivity contribution in [2.45, 2.75) is 171 Å². The van der Waals surface area contributed by atoms with Gasteiger partial charge in [0.2, 0.25) is 0 Å². The van der Waals surface area contributed by atoms with Gasteiger partial charge in [-0.2, -0.15) is 8.42 Å². The van der Waals surface area contributed by atoms with E-state index in [1.54, 1.807) is 27.7 Å². The van der Waals surface area contributed by atoms with Crippen LogP contribution in [-0.4, -0.2) is 55.0 Å². The summed E-state index contributed by atoms with van der Waals surface area (Å²) in [6.45, 7) is 15.1. The number of aromatic nitrogens is 4. The summed E-state index contributed by atoms with van der Waals surface area (Å²) in [5.74, 6) is 0. The average molecular weight is 1940 g/mol. The number of halogens is 4. The molecule has 0 amide bonds. The molecule has 0 saturated carbocycles. The van der Waals surface area contributed by atoms with Gasteiger partial charge in [0.15, 0.2) is 0 Å². The van der Waals surface area contributed by atoms with E-state index in [2.05, 4.69) is 144 Å². The molecule has 12 aromatic carbocycles. The first-order valence-corrected chi connectivity index (χ1v) is 48.3. The van der Waals surface area contributed by atoms with Gasteiger partial charge in [-0.3, -0.25) is 4.18 Å². The first kappa shape index (κ1) is 108. The summed E-state index contributed by atoms with van der Waals surface area (Å²) >= 11 is 24.4. The quantitative estimate of drug-likeness (QED) is 0.0398. The van der Waals surface area contributed by atoms with Gasteiger partial charge in [0, 0.05) is 41.6 Å². The number of allylic oxidation sites excluding steroid dienone is 1. The fourth-order valence-corrected chi connectivity index (χ4v) is 18.0. The largest absolute Gasteiger partial charge is 0.388 e. The topological polar surface area (TPSA) is 185 Å². The van der Waals surface area contributed by atoms with Crippen LogP contribution in [-0.2, 0) is 67.1 Å². The monoisotopic (exact) mass is 1930 g/mol. The predicted molar refractivity (Wildman–Crippen MR) is 585 cm³/mol. The molecule has 4 aromatic heterocycles. The highest BCUT2D eigenvalue weighted by atomic mass is 35.5. The van der Waals surface area contributed by atoms with Crippen LogP contribution in [0.15, 0.2) is 322 Å². The van der Waals surface area contributed by atoms with Gasteiger partial charge in [-0.05, 0) is 311 Å². The summed E-state index contributed by atoms with van der Waals surface area (Å²) in [7, 11) is -3.70. The Morgan fingerprint density at radius 1 is 0.399 bits per heavy atom. The number of ether oxygens (including phenoxy) is 1. The lowest BCUT2D eigenvalue weighted by molar-refractivity contribution is -0.0766. The van der Waals surface area contributed by atoms with E-state index in [-0.39, 0.29) is 41.4 Å². The number of hydrogen-bond acceptors (Lipinski definition) is 12. The first-order chi connectivity index (χ1) is 64.1. The maximum Gasteiger partial charge on any atom is 0.264 e. The Morgan fingerprint density at radius 2 is 0.746 bits per heavy atom. The molecule has 0 saturated heterocycles. The standard InChI is InChI=1S/C30H30ClNO4S.C29H28ClNO2.2C29H26ClNO.4CH4/c1-30(2,33)27-10-5-4-8-22(27)14-18-29(36-37(3,34)35)24-9-6-7-21(19-24)11-16-26-17-13-23-12-15-25(31)20-28(23)32-26;1-29(2,33)26-9-4-3-7-21(26)13-17-28(32)23-8-5-6-20(18-23)10-15-25-16-12-22-11-14-24(30)19-27(22)31-25;1-29(2)26-9-4-3-7-21(26)13-17-28(32-29)23-8-5-6-20(18-23)10-15-25-16-12-22-11-14-24(30)19-27(22)31-25;1-29(2,32)27-12-4-3-10-23(27)11-6-9-21-7-5-8-22(19-21)13-17-26-18-15-24-14-16-25(30)20-28(24)31-26;;;;/h4-13,15-17,19-20,29,33H,14,18H2,1-3H3;3-12,14-16,18-19,28,32-33H,13,17H2,1-2H3;3-12,14-16,18-19,28H,13,17H2,1-2H3;3-10,12-20,32H,11H2,1-2H3;4*1H4/b16-11+;2*15-10+;9-6+,17-13+;;;;/t29-;2*28-;;;;;/m011...../s1. The zero-order valence-electron chi connectivity index (χ0n) is 76.6. The Bertz CT molecular complexity index is 7130. The van der Waals surface area contributed by atoms with E-state index in [1.165, 1.54) is 16.7 Å². The summed E-state index contributed by atoms with van der Waals surface area (Å²) in [6.07, 6.45) is 25.2. The van der Waals surface area contributed by atoms with Crippen molar-refractivity contribution in [3.63, 3.8) is 0 Å². The van der Waals surface area contributed by atoms with Gasteiger partial charge in [0.25, 0.3) is 10.1 Å². The van der Waals surface area contributed by atoms with Gasteiger partial charge in [0.05, 0.1) is 85.7 Å². The smallest absolute Gasteiger partial charge is 0.264 e. The van der Waals surface area contributed by atoms with Crippen LogP contribution >= 0.6 is 46.4 Å². The molecule has 16 aromatic rings. The second-order valence-electron chi connectivity index (χ2n) is 35.8. The third-order valence-electron chi connectivity index (χ3n) is 23.4. The van der Waals surface area contributed by atoms with E-state index in [0.29, 0.717) is 45.8 Å². The van der Waals surface area contributed by atoms with E-state index in [4.69, 9.17) is 60.3 Å². The van der Waals surface area contributed by atoms with Crippen molar-refractivity contribution in [1.82, 2.24) is 19.9 Å². The van der Waals surface area contributed by atoms with Gasteiger partial charge in [0.1, 0.15) is 6.10 Å². The molecule has 17 heteroatoms. The van der Waals surface area contributed by atoms with Crippen LogP contribution < -0.4 is 0 Å². The maximum absolute atomic E-state index is 12.1. The molecule has 0 spiro atoms. The van der Waals surface area contributed by atoms with Crippen molar-refractivity contribution in [2.24, 2.45) is 0 Å². The molecule has 1 aliphatic rings. The Morgan fingerprint density at radius 3 is 1.18 bits per heavy atom. The molecule has 0 radical (unpaired) electrons. The van der Waals surface area contributed by atoms with Crippen LogP contribution in [0.5, 0.6) is 0 Å². The Kier molecular flexibility index (Phi) is 38.2. The number of fused-ring (bicyclic) bond motifs is 5. The predicted octanol–water partition coefficient (Wildman–Crippen LogP) is 32.0. The second kappa shape index (κ2) is 48.9. The number of rotatable bonds is 25. The number of nitrogens with zero attached hydrogens (tertiary/aromatic N) is 4. The van der Waals surface area contributed by atoms with Crippen LogP contribution in [0.25, 0.3) is 98.3 Å². The summed E-state index contributed by atoms with van der Waals surface area (Å²) in [6, 6.07) is 104. The zero-order valence-corrected chi connectivity index (χ0v) is 80.4. The minimum atomic E-state index is -3.70. The first-order valence-electron chi connectivity index (χ1n) is 44.9. The van der Waals surface area contributed by atoms with Gasteiger partial charge in [-0.25, -0.2) is 19.9 Å². The lowest BCUT2D eigenvalue weighted by Crippen LogP contribution is -2.23. The number of aryl methyl sites for hydroxylation is 3. The Hall–Kier alpha value is -12.2. The normalized spacial score (nSPS) is 13.7. The molecule has 0 fully saturated rings. The number of aliphatic hydroxyl groups is 4. The zero-order chi connectivity index (χ0) is 94.7. The molecule has 138 heavy (non-hydrogen) atoms. The van der Waals surface area contributed by atoms with Gasteiger partial charge in [-0.15, -0.1) is 0 Å². The summed E-state index contributed by atoms with van der Waals surface area (Å²) in [5.41, 5.74) is 20.4. The second-order valence-corrected chi connectivity index (χ2v) is 39.1. The fraction of sp³-hybridized carbons (Fsp3) is 0.223. The minimum absolute atomic E-state index is 0. The Balaban J connectivity index is 0.000000188. The summed E-state index contributed by atoms with van der Waals surface area (Å²) < 4.78 is 36.3. The van der Waals surface area contributed by atoms with Crippen molar-refractivity contribution >= 4 is 155 Å². The van der Waals surface area contributed by atoms with Gasteiger partial charge >= 0.3 is 0 Å². The van der Waals surface area contributed by atoms with Crippen molar-refractivity contribution in [2.75, 3.05) is 6.26 Å². The highest BCUT2D eigenvalue weighted by Crippen LogP contribution is 2.41. The average Bonchev–Trinajstić information content (AvgIpc) is 1.65. The fourth-order valence-electron chi connectivity index (χ4n) is 16.7. The Labute approximate surface area is 836 Å². The van der Waals surface area contributed by atoms with E-state index >= 15 is 0 Å². The van der Waals surface area contributed by atoms with Crippen LogP contribution in [0.2, 0.25) is 20.1 Å². The molecule has 17 rings (SSSR count). The third kappa shape index (κ3) is 30.7. The van der Waals surface area contributed by atoms with Gasteiger partial charge in [-0.1, -0.05) is 331 Å². The van der Waals surface area contributed by atoms with Crippen molar-refractivity contribution in [3.05, 3.63) is 453 Å². The van der Waals surface area contributed by atoms with Crippen molar-refractivity contribution < 1.29 is 37.8 Å². The van der Waals surface area contributed by atoms with Crippen LogP contribution in [0.3, 0.4) is 0 Å². The molecule has 0 aliphatic carbocycles. The molecular weight excluding hydrogens is 1810 g/mol. The third-order valence-corrected chi connectivity index (χ3v) is 24.9. The highest BCUT2D eigenvalue weighted by molar-refractivity contribution is 7.86. The summed E-state index contributed by atoms with van der Waals surface area (Å²) in [4.78, 5) is 18.7. The highest BCUT2D eigenvalue weighted by Gasteiger charge is 2.33. The summed E-state index contributed by atoms with van der Waals surface area (Å²) in [5, 5.41) is 49.1. The molecule has 0 bridgehead atoms. The van der Waals surface area contributed by atoms with Crippen molar-refractivity contribution in [3.8, 4) is 0 Å². The minimum Gasteiger partial charge on any atom is -0.388 e. The molecule has 712 valence electrons. The van der Waals surface area contributed by atoms with Crippen LogP contribution in [0.1, 0.15) is 234 Å². The van der Waals surface area contributed by atoms with Gasteiger partial charge < -0.3 is 25.2 Å². The van der Waals surface area contributed by atoms with E-state index in [0.717, 1.165) is 164 Å². The lowest BCUT2D eigenvalue weighted by atomic mass is 9.90. The van der Waals surface area contributed by atoms with Crippen LogP contribution in [0.4, 0.5) is 0 Å². The number of pyridine rings is 4. The molecule has 1 aliphatic heterocycles. The van der Waals surface area contributed by atoms with Crippen LogP contribution in [0, 0.1) is 0 Å².